The third kappa shape index (κ3) is 5.35. The molecule has 1 saturated heterocycles. The third-order valence-corrected chi connectivity index (χ3v) is 4.60. The summed E-state index contributed by atoms with van der Waals surface area (Å²) in [5.74, 6) is -0.00896. The van der Waals surface area contributed by atoms with Crippen molar-refractivity contribution in [2.45, 2.75) is 44.8 Å². The maximum atomic E-state index is 12.4. The summed E-state index contributed by atoms with van der Waals surface area (Å²) in [6, 6.07) is 4.85. The second-order valence-electron chi connectivity index (χ2n) is 6.01. The lowest BCUT2D eigenvalue weighted by atomic mass is 10.0. The van der Waals surface area contributed by atoms with Gasteiger partial charge in [-0.05, 0) is 56.1 Å². The number of amides is 1. The second-order valence-corrected chi connectivity index (χ2v) is 6.88. The van der Waals surface area contributed by atoms with Crippen molar-refractivity contribution in [3.8, 4) is 0 Å². The molecule has 1 aromatic carbocycles. The molecule has 0 saturated carbocycles. The Kier molecular flexibility index (Phi) is 7.15. The highest BCUT2D eigenvalue weighted by Gasteiger charge is 2.28. The van der Waals surface area contributed by atoms with E-state index >= 15 is 0 Å². The minimum atomic E-state index is -0.821. The average Bonchev–Trinajstić information content (AvgIpc) is 2.52. The largest absolute Gasteiger partial charge is 0.387 e. The van der Waals surface area contributed by atoms with Crippen molar-refractivity contribution in [3.05, 3.63) is 33.8 Å². The number of likely N-dealkylation sites (tertiary alicyclic amines) is 1. The lowest BCUT2D eigenvalue weighted by Gasteiger charge is -2.34. The fraction of sp³-hybridized carbons (Fsp3) is 0.588. The number of aliphatic hydroxyl groups is 1. The van der Waals surface area contributed by atoms with E-state index < -0.39 is 6.10 Å². The number of hydrogen-bond donors (Lipinski definition) is 2. The number of piperidine rings is 1. The minimum absolute atomic E-state index is 0.00896. The maximum absolute atomic E-state index is 12.4. The van der Waals surface area contributed by atoms with Crippen molar-refractivity contribution in [1.82, 2.24) is 10.2 Å². The van der Waals surface area contributed by atoms with Crippen LogP contribution in [0.4, 0.5) is 0 Å². The number of rotatable bonds is 6. The molecule has 0 aromatic heterocycles. The zero-order valence-electron chi connectivity index (χ0n) is 13.4. The standard InChI is InChI=1S/C17H24Cl2N2O2/c1-2-6-21-7-4-3-5-15(21)17(23)20-11-16(22)12-8-13(18)10-14(19)9-12/h8-10,15-16,22H,2-7,11H2,1H3,(H,20,23). The molecule has 1 heterocycles. The van der Waals surface area contributed by atoms with Crippen molar-refractivity contribution >= 4 is 29.1 Å². The van der Waals surface area contributed by atoms with Crippen molar-refractivity contribution in [2.24, 2.45) is 0 Å². The van der Waals surface area contributed by atoms with Crippen molar-refractivity contribution in [2.75, 3.05) is 19.6 Å². The van der Waals surface area contributed by atoms with Gasteiger partial charge in [0, 0.05) is 16.6 Å². The lowest BCUT2D eigenvalue weighted by molar-refractivity contribution is -0.128. The van der Waals surface area contributed by atoms with Gasteiger partial charge in [-0.2, -0.15) is 0 Å². The van der Waals surface area contributed by atoms with E-state index in [9.17, 15) is 9.90 Å². The first kappa shape index (κ1) is 18.5. The smallest absolute Gasteiger partial charge is 0.237 e. The lowest BCUT2D eigenvalue weighted by Crippen LogP contribution is -2.50. The molecule has 2 N–H and O–H groups in total. The zero-order valence-corrected chi connectivity index (χ0v) is 14.9. The predicted molar refractivity (Wildman–Crippen MR) is 93.9 cm³/mol. The SMILES string of the molecule is CCCN1CCCCC1C(=O)NCC(O)c1cc(Cl)cc(Cl)c1. The molecule has 2 unspecified atom stereocenters. The van der Waals surface area contributed by atoms with Gasteiger partial charge in [-0.15, -0.1) is 0 Å². The first-order valence-electron chi connectivity index (χ1n) is 8.17. The van der Waals surface area contributed by atoms with Crippen molar-refractivity contribution < 1.29 is 9.90 Å². The van der Waals surface area contributed by atoms with E-state index in [1.807, 2.05) is 0 Å². The van der Waals surface area contributed by atoms with Crippen LogP contribution in [0.3, 0.4) is 0 Å². The van der Waals surface area contributed by atoms with Crippen LogP contribution in [0.2, 0.25) is 10.0 Å². The van der Waals surface area contributed by atoms with Crippen LogP contribution in [0.15, 0.2) is 18.2 Å². The topological polar surface area (TPSA) is 52.6 Å². The molecule has 128 valence electrons. The van der Waals surface area contributed by atoms with Crippen molar-refractivity contribution in [3.63, 3.8) is 0 Å². The van der Waals surface area contributed by atoms with Gasteiger partial charge in [0.2, 0.25) is 5.91 Å². The molecule has 0 radical (unpaired) electrons. The molecule has 1 aliphatic heterocycles. The Bertz CT molecular complexity index is 517. The summed E-state index contributed by atoms with van der Waals surface area (Å²) in [5, 5.41) is 14.0. The van der Waals surface area contributed by atoms with Gasteiger partial charge >= 0.3 is 0 Å². The normalized spacial score (nSPS) is 20.3. The van der Waals surface area contributed by atoms with E-state index in [0.29, 0.717) is 15.6 Å². The summed E-state index contributed by atoms with van der Waals surface area (Å²) >= 11 is 11.9. The Morgan fingerprint density at radius 2 is 2.04 bits per heavy atom. The number of hydrogen-bond acceptors (Lipinski definition) is 3. The molecule has 4 nitrogen and oxygen atoms in total. The summed E-state index contributed by atoms with van der Waals surface area (Å²) in [7, 11) is 0. The number of nitrogens with one attached hydrogen (secondary N) is 1. The Hall–Kier alpha value is -0.810. The van der Waals surface area contributed by atoms with Gasteiger partial charge in [-0.1, -0.05) is 36.5 Å². The molecular weight excluding hydrogens is 335 g/mol. The number of nitrogens with zero attached hydrogens (tertiary/aromatic N) is 1. The van der Waals surface area contributed by atoms with Crippen LogP contribution < -0.4 is 5.32 Å². The number of benzene rings is 1. The van der Waals surface area contributed by atoms with Crippen LogP contribution in [0.5, 0.6) is 0 Å². The molecule has 2 atom stereocenters. The summed E-state index contributed by atoms with van der Waals surface area (Å²) in [6.07, 6.45) is 3.31. The maximum Gasteiger partial charge on any atom is 0.237 e. The van der Waals surface area contributed by atoms with Crippen LogP contribution in [0.25, 0.3) is 0 Å². The molecule has 6 heteroatoms. The molecule has 1 amide bonds. The second kappa shape index (κ2) is 8.88. The molecule has 0 spiro atoms. The fourth-order valence-corrected chi connectivity index (χ4v) is 3.59. The predicted octanol–water partition coefficient (Wildman–Crippen LogP) is 3.41. The average molecular weight is 359 g/mol. The first-order valence-corrected chi connectivity index (χ1v) is 8.92. The van der Waals surface area contributed by atoms with Gasteiger partial charge in [0.1, 0.15) is 0 Å². The van der Waals surface area contributed by atoms with Gasteiger partial charge < -0.3 is 10.4 Å². The van der Waals surface area contributed by atoms with E-state index in [0.717, 1.165) is 38.8 Å². The molecule has 1 fully saturated rings. The highest BCUT2D eigenvalue weighted by molar-refractivity contribution is 6.34. The highest BCUT2D eigenvalue weighted by Crippen LogP contribution is 2.23. The Morgan fingerprint density at radius 3 is 2.70 bits per heavy atom. The van der Waals surface area contributed by atoms with Gasteiger partial charge in [0.25, 0.3) is 0 Å². The summed E-state index contributed by atoms with van der Waals surface area (Å²) in [4.78, 5) is 14.7. The van der Waals surface area contributed by atoms with E-state index in [1.54, 1.807) is 18.2 Å². The molecule has 1 aromatic rings. The molecule has 23 heavy (non-hydrogen) atoms. The minimum Gasteiger partial charge on any atom is -0.387 e. The Balaban J connectivity index is 1.92. The Morgan fingerprint density at radius 1 is 1.35 bits per heavy atom. The Labute approximate surface area is 147 Å². The van der Waals surface area contributed by atoms with Crippen LogP contribution >= 0.6 is 23.2 Å². The molecule has 2 rings (SSSR count). The number of carbonyl (C=O) groups excluding carboxylic acids is 1. The van der Waals surface area contributed by atoms with Gasteiger partial charge in [0.15, 0.2) is 0 Å². The van der Waals surface area contributed by atoms with E-state index in [2.05, 4.69) is 17.1 Å². The van der Waals surface area contributed by atoms with E-state index in [1.165, 1.54) is 0 Å². The van der Waals surface area contributed by atoms with Gasteiger partial charge in [-0.25, -0.2) is 0 Å². The van der Waals surface area contributed by atoms with Crippen molar-refractivity contribution in [1.29, 1.82) is 0 Å². The zero-order chi connectivity index (χ0) is 16.8. The fourth-order valence-electron chi connectivity index (χ4n) is 3.04. The van der Waals surface area contributed by atoms with Crippen LogP contribution in [0, 0.1) is 0 Å². The third-order valence-electron chi connectivity index (χ3n) is 4.17. The van der Waals surface area contributed by atoms with E-state index in [-0.39, 0.29) is 18.5 Å². The van der Waals surface area contributed by atoms with Gasteiger partial charge in [-0.3, -0.25) is 9.69 Å². The highest BCUT2D eigenvalue weighted by atomic mass is 35.5. The first-order chi connectivity index (χ1) is 11.0. The summed E-state index contributed by atoms with van der Waals surface area (Å²) in [6.45, 7) is 4.19. The van der Waals surface area contributed by atoms with Crippen LogP contribution in [-0.4, -0.2) is 41.6 Å². The van der Waals surface area contributed by atoms with Crippen LogP contribution in [-0.2, 0) is 4.79 Å². The monoisotopic (exact) mass is 358 g/mol. The number of halogens is 2. The molecule has 0 aliphatic carbocycles. The quantitative estimate of drug-likeness (QED) is 0.819. The number of carbonyl (C=O) groups is 1. The summed E-state index contributed by atoms with van der Waals surface area (Å²) in [5.41, 5.74) is 0.608. The van der Waals surface area contributed by atoms with Gasteiger partial charge in [0.05, 0.1) is 12.1 Å². The van der Waals surface area contributed by atoms with Crippen LogP contribution in [0.1, 0.15) is 44.3 Å². The molecule has 0 bridgehead atoms. The molecular formula is C17H24Cl2N2O2. The summed E-state index contributed by atoms with van der Waals surface area (Å²) < 4.78 is 0. The number of aliphatic hydroxyl groups excluding tert-OH is 1. The van der Waals surface area contributed by atoms with E-state index in [4.69, 9.17) is 23.2 Å². The molecule has 1 aliphatic rings.